The van der Waals surface area contributed by atoms with Gasteiger partial charge >= 0.3 is 5.97 Å². The van der Waals surface area contributed by atoms with Crippen molar-refractivity contribution in [3.05, 3.63) is 11.6 Å². The second-order valence-electron chi connectivity index (χ2n) is 3.28. The van der Waals surface area contributed by atoms with Gasteiger partial charge in [-0.3, -0.25) is 4.90 Å². The first-order chi connectivity index (χ1) is 7.11. The van der Waals surface area contributed by atoms with Gasteiger partial charge < -0.3 is 9.84 Å². The molecule has 0 rings (SSSR count). The van der Waals surface area contributed by atoms with Gasteiger partial charge in [0.2, 0.25) is 0 Å². The summed E-state index contributed by atoms with van der Waals surface area (Å²) in [5.74, 6) is -0.851. The molecule has 1 N–H and O–H groups in total. The normalized spacial score (nSPS) is 12.1. The monoisotopic (exact) mass is 215 g/mol. The maximum absolute atomic E-state index is 10.5. The zero-order valence-corrected chi connectivity index (χ0v) is 9.82. The number of rotatable bonds is 8. The van der Waals surface area contributed by atoms with Crippen LogP contribution in [0.1, 0.15) is 20.8 Å². The number of hydrogen-bond donors (Lipinski definition) is 1. The van der Waals surface area contributed by atoms with Gasteiger partial charge in [0.25, 0.3) is 0 Å². The van der Waals surface area contributed by atoms with E-state index in [9.17, 15) is 4.79 Å². The first-order valence-corrected chi connectivity index (χ1v) is 5.31. The third kappa shape index (κ3) is 7.11. The van der Waals surface area contributed by atoms with Gasteiger partial charge in [0.1, 0.15) is 0 Å². The summed E-state index contributed by atoms with van der Waals surface area (Å²) < 4.78 is 5.24. The van der Waals surface area contributed by atoms with E-state index in [0.29, 0.717) is 18.7 Å². The van der Waals surface area contributed by atoms with Crippen LogP contribution in [0, 0.1) is 0 Å². The minimum atomic E-state index is -0.851. The van der Waals surface area contributed by atoms with Crippen LogP contribution >= 0.6 is 0 Å². The second kappa shape index (κ2) is 8.44. The van der Waals surface area contributed by atoms with Crippen molar-refractivity contribution in [1.29, 1.82) is 0 Å². The number of carboxylic acids is 1. The Morgan fingerprint density at radius 2 is 2.13 bits per heavy atom. The second-order valence-corrected chi connectivity index (χ2v) is 3.28. The highest BCUT2D eigenvalue weighted by molar-refractivity contribution is 5.85. The fourth-order valence-corrected chi connectivity index (χ4v) is 1.07. The Kier molecular flexibility index (Phi) is 7.95. The zero-order valence-electron chi connectivity index (χ0n) is 9.82. The van der Waals surface area contributed by atoms with Crippen LogP contribution in [-0.4, -0.2) is 48.8 Å². The molecule has 0 fully saturated rings. The van der Waals surface area contributed by atoms with Crippen molar-refractivity contribution in [1.82, 2.24) is 4.90 Å². The molecule has 0 aromatic heterocycles. The van der Waals surface area contributed by atoms with Crippen molar-refractivity contribution in [3.63, 3.8) is 0 Å². The minimum absolute atomic E-state index is 0.393. The van der Waals surface area contributed by atoms with Gasteiger partial charge in [0.05, 0.1) is 6.61 Å². The Morgan fingerprint density at radius 1 is 1.47 bits per heavy atom. The Hall–Kier alpha value is -0.870. The Labute approximate surface area is 91.5 Å². The third-order valence-corrected chi connectivity index (χ3v) is 2.20. The van der Waals surface area contributed by atoms with E-state index in [0.717, 1.165) is 19.7 Å². The van der Waals surface area contributed by atoms with E-state index >= 15 is 0 Å². The van der Waals surface area contributed by atoms with E-state index in [1.165, 1.54) is 0 Å². The van der Waals surface area contributed by atoms with Gasteiger partial charge in [-0.25, -0.2) is 4.79 Å². The fourth-order valence-electron chi connectivity index (χ4n) is 1.07. The van der Waals surface area contributed by atoms with Gasteiger partial charge in [-0.15, -0.1) is 0 Å². The van der Waals surface area contributed by atoms with E-state index < -0.39 is 5.97 Å². The van der Waals surface area contributed by atoms with Crippen molar-refractivity contribution in [2.45, 2.75) is 20.8 Å². The lowest BCUT2D eigenvalue weighted by atomic mass is 10.3. The predicted molar refractivity (Wildman–Crippen MR) is 60.0 cm³/mol. The molecule has 0 spiro atoms. The van der Waals surface area contributed by atoms with E-state index in [1.54, 1.807) is 13.0 Å². The number of carbonyl (C=O) groups is 1. The standard InChI is InChI=1S/C11H21NO3/c1-4-12(8-9-15-5-2)7-6-10(3)11(13)14/h6H,4-5,7-9H2,1-3H3,(H,13,14). The summed E-state index contributed by atoms with van der Waals surface area (Å²) in [6.45, 7) is 9.46. The molecule has 88 valence electrons. The molecule has 0 atom stereocenters. The minimum Gasteiger partial charge on any atom is -0.478 e. The molecule has 4 heteroatoms. The molecular formula is C11H21NO3. The molecule has 0 saturated heterocycles. The van der Waals surface area contributed by atoms with E-state index in [-0.39, 0.29) is 0 Å². The highest BCUT2D eigenvalue weighted by Gasteiger charge is 2.02. The van der Waals surface area contributed by atoms with Crippen molar-refractivity contribution >= 4 is 5.97 Å². The number of likely N-dealkylation sites (N-methyl/N-ethyl adjacent to an activating group) is 1. The van der Waals surface area contributed by atoms with Crippen LogP contribution < -0.4 is 0 Å². The molecule has 0 aliphatic carbocycles. The third-order valence-electron chi connectivity index (χ3n) is 2.20. The lowest BCUT2D eigenvalue weighted by Gasteiger charge is -2.18. The topological polar surface area (TPSA) is 49.8 Å². The largest absolute Gasteiger partial charge is 0.478 e. The first kappa shape index (κ1) is 14.1. The predicted octanol–water partition coefficient (Wildman–Crippen LogP) is 1.38. The van der Waals surface area contributed by atoms with Crippen LogP contribution in [-0.2, 0) is 9.53 Å². The summed E-state index contributed by atoms with van der Waals surface area (Å²) in [6.07, 6.45) is 1.73. The van der Waals surface area contributed by atoms with E-state index in [1.807, 2.05) is 6.92 Å². The number of aliphatic carboxylic acids is 1. The van der Waals surface area contributed by atoms with Crippen LogP contribution in [0.2, 0.25) is 0 Å². The van der Waals surface area contributed by atoms with Crippen molar-refractivity contribution in [3.8, 4) is 0 Å². The molecule has 0 bridgehead atoms. The molecular weight excluding hydrogens is 194 g/mol. The molecule has 4 nitrogen and oxygen atoms in total. The SMILES string of the molecule is CCOCCN(CC)CC=C(C)C(=O)O. The summed E-state index contributed by atoms with van der Waals surface area (Å²) >= 11 is 0. The lowest BCUT2D eigenvalue weighted by Crippen LogP contribution is -2.28. The van der Waals surface area contributed by atoms with Crippen LogP contribution in [0.5, 0.6) is 0 Å². The van der Waals surface area contributed by atoms with Gasteiger partial charge in [-0.1, -0.05) is 13.0 Å². The molecule has 0 unspecified atom stereocenters. The Bertz CT molecular complexity index is 214. The Morgan fingerprint density at radius 3 is 2.60 bits per heavy atom. The van der Waals surface area contributed by atoms with Gasteiger partial charge in [0, 0.05) is 25.3 Å². The summed E-state index contributed by atoms with van der Waals surface area (Å²) in [5.41, 5.74) is 0.393. The summed E-state index contributed by atoms with van der Waals surface area (Å²) in [7, 11) is 0. The average molecular weight is 215 g/mol. The Balaban J connectivity index is 3.88. The van der Waals surface area contributed by atoms with Crippen LogP contribution in [0.15, 0.2) is 11.6 Å². The molecule has 0 radical (unpaired) electrons. The fraction of sp³-hybridized carbons (Fsp3) is 0.727. The van der Waals surface area contributed by atoms with Crippen LogP contribution in [0.25, 0.3) is 0 Å². The number of nitrogens with zero attached hydrogens (tertiary/aromatic N) is 1. The number of ether oxygens (including phenoxy) is 1. The molecule has 0 aliphatic rings. The molecule has 15 heavy (non-hydrogen) atoms. The lowest BCUT2D eigenvalue weighted by molar-refractivity contribution is -0.132. The number of carboxylic acid groups (broad SMARTS) is 1. The van der Waals surface area contributed by atoms with Crippen LogP contribution in [0.4, 0.5) is 0 Å². The smallest absolute Gasteiger partial charge is 0.330 e. The quantitative estimate of drug-likeness (QED) is 0.491. The maximum Gasteiger partial charge on any atom is 0.330 e. The molecule has 0 amide bonds. The van der Waals surface area contributed by atoms with Crippen molar-refractivity contribution in [2.24, 2.45) is 0 Å². The van der Waals surface area contributed by atoms with Crippen LogP contribution in [0.3, 0.4) is 0 Å². The van der Waals surface area contributed by atoms with Crippen molar-refractivity contribution in [2.75, 3.05) is 32.8 Å². The molecule has 0 heterocycles. The zero-order chi connectivity index (χ0) is 11.7. The molecule has 0 aromatic rings. The van der Waals surface area contributed by atoms with E-state index in [4.69, 9.17) is 9.84 Å². The summed E-state index contributed by atoms with van der Waals surface area (Å²) in [4.78, 5) is 12.7. The average Bonchev–Trinajstić information content (AvgIpc) is 2.22. The van der Waals surface area contributed by atoms with Crippen molar-refractivity contribution < 1.29 is 14.6 Å². The van der Waals surface area contributed by atoms with Gasteiger partial charge in [-0.05, 0) is 20.4 Å². The summed E-state index contributed by atoms with van der Waals surface area (Å²) in [6, 6.07) is 0. The summed E-state index contributed by atoms with van der Waals surface area (Å²) in [5, 5.41) is 8.67. The van der Waals surface area contributed by atoms with E-state index in [2.05, 4.69) is 11.8 Å². The highest BCUT2D eigenvalue weighted by atomic mass is 16.5. The highest BCUT2D eigenvalue weighted by Crippen LogP contribution is 1.95. The van der Waals surface area contributed by atoms with Gasteiger partial charge in [0.15, 0.2) is 0 Å². The molecule has 0 saturated carbocycles. The molecule has 0 aliphatic heterocycles. The molecule has 0 aromatic carbocycles. The number of hydrogen-bond acceptors (Lipinski definition) is 3. The maximum atomic E-state index is 10.5. The first-order valence-electron chi connectivity index (χ1n) is 5.31. The van der Waals surface area contributed by atoms with Gasteiger partial charge in [-0.2, -0.15) is 0 Å².